The van der Waals surface area contributed by atoms with Crippen LogP contribution in [-0.2, 0) is 19.1 Å². The minimum absolute atomic E-state index is 0.143. The zero-order valence-electron chi connectivity index (χ0n) is 10.4. The molecule has 6 heteroatoms. The van der Waals surface area contributed by atoms with Crippen molar-refractivity contribution in [3.05, 3.63) is 12.7 Å². The Hall–Kier alpha value is -1.85. The van der Waals surface area contributed by atoms with Crippen LogP contribution in [0.15, 0.2) is 12.7 Å². The Labute approximate surface area is 106 Å². The van der Waals surface area contributed by atoms with E-state index in [1.165, 1.54) is 7.11 Å². The monoisotopic (exact) mass is 254 g/mol. The standard InChI is InChI=1S/C12H18N2O4/c1-3-4-5-9(12(17)18-2)14-11(16)8-6-7-10(15)13-8/h3,8-9H,1,4-7H2,2H3,(H,13,15)(H,14,16)/t8-,9-/m0/s1. The number of allylic oxidation sites excluding steroid dienone is 1. The Bertz CT molecular complexity index is 354. The molecule has 0 unspecified atom stereocenters. The lowest BCUT2D eigenvalue weighted by Crippen LogP contribution is -2.49. The maximum atomic E-state index is 11.8. The second kappa shape index (κ2) is 6.78. The molecule has 18 heavy (non-hydrogen) atoms. The first-order chi connectivity index (χ1) is 8.58. The van der Waals surface area contributed by atoms with Gasteiger partial charge in [0.2, 0.25) is 11.8 Å². The molecule has 2 amide bonds. The summed E-state index contributed by atoms with van der Waals surface area (Å²) in [5, 5.41) is 5.14. The molecule has 1 rings (SSSR count). The average Bonchev–Trinajstić information content (AvgIpc) is 2.80. The fourth-order valence-electron chi connectivity index (χ4n) is 1.76. The van der Waals surface area contributed by atoms with E-state index in [1.807, 2.05) is 0 Å². The van der Waals surface area contributed by atoms with Crippen molar-refractivity contribution in [2.24, 2.45) is 0 Å². The van der Waals surface area contributed by atoms with Gasteiger partial charge in [-0.3, -0.25) is 9.59 Å². The number of amides is 2. The molecule has 100 valence electrons. The fraction of sp³-hybridized carbons (Fsp3) is 0.583. The second-order valence-electron chi connectivity index (χ2n) is 4.11. The number of carbonyl (C=O) groups excluding carboxylic acids is 3. The molecule has 0 spiro atoms. The molecule has 2 N–H and O–H groups in total. The number of hydrogen-bond acceptors (Lipinski definition) is 4. The van der Waals surface area contributed by atoms with E-state index < -0.39 is 18.1 Å². The summed E-state index contributed by atoms with van der Waals surface area (Å²) in [5.41, 5.74) is 0. The van der Waals surface area contributed by atoms with Crippen LogP contribution < -0.4 is 10.6 Å². The molecule has 1 aliphatic rings. The predicted octanol–water partition coefficient (Wildman–Crippen LogP) is -0.111. The van der Waals surface area contributed by atoms with Crippen LogP contribution in [0, 0.1) is 0 Å². The summed E-state index contributed by atoms with van der Waals surface area (Å²) in [6, 6.07) is -1.24. The van der Waals surface area contributed by atoms with Crippen LogP contribution in [0.1, 0.15) is 25.7 Å². The minimum atomic E-state index is -0.696. The van der Waals surface area contributed by atoms with E-state index in [-0.39, 0.29) is 11.8 Å². The van der Waals surface area contributed by atoms with E-state index in [0.717, 1.165) is 0 Å². The highest BCUT2D eigenvalue weighted by Crippen LogP contribution is 2.08. The largest absolute Gasteiger partial charge is 0.467 e. The summed E-state index contributed by atoms with van der Waals surface area (Å²) in [6.45, 7) is 3.56. The third-order valence-electron chi connectivity index (χ3n) is 2.77. The molecule has 1 aliphatic heterocycles. The van der Waals surface area contributed by atoms with Crippen LogP contribution in [0.5, 0.6) is 0 Å². The number of carbonyl (C=O) groups is 3. The van der Waals surface area contributed by atoms with E-state index in [1.54, 1.807) is 6.08 Å². The number of rotatable bonds is 6. The van der Waals surface area contributed by atoms with E-state index in [0.29, 0.717) is 25.7 Å². The van der Waals surface area contributed by atoms with Gasteiger partial charge >= 0.3 is 5.97 Å². The first-order valence-corrected chi connectivity index (χ1v) is 5.87. The van der Waals surface area contributed by atoms with Crippen LogP contribution >= 0.6 is 0 Å². The van der Waals surface area contributed by atoms with Gasteiger partial charge in [-0.25, -0.2) is 4.79 Å². The van der Waals surface area contributed by atoms with Gasteiger partial charge in [-0.1, -0.05) is 6.08 Å². The minimum Gasteiger partial charge on any atom is -0.467 e. The van der Waals surface area contributed by atoms with Gasteiger partial charge in [0.1, 0.15) is 12.1 Å². The third-order valence-corrected chi connectivity index (χ3v) is 2.77. The Balaban J connectivity index is 2.53. The number of nitrogens with one attached hydrogen (secondary N) is 2. The Morgan fingerprint density at radius 2 is 2.39 bits per heavy atom. The van der Waals surface area contributed by atoms with Crippen molar-refractivity contribution in [2.75, 3.05) is 7.11 Å². The van der Waals surface area contributed by atoms with Crippen LogP contribution in [0.25, 0.3) is 0 Å². The van der Waals surface area contributed by atoms with Crippen LogP contribution in [-0.4, -0.2) is 37.0 Å². The summed E-state index contributed by atoms with van der Waals surface area (Å²) in [7, 11) is 1.27. The molecule has 0 radical (unpaired) electrons. The van der Waals surface area contributed by atoms with Gasteiger partial charge in [0.05, 0.1) is 7.11 Å². The summed E-state index contributed by atoms with van der Waals surface area (Å²) < 4.78 is 4.62. The molecule has 0 aromatic carbocycles. The lowest BCUT2D eigenvalue weighted by Gasteiger charge is -2.18. The van der Waals surface area contributed by atoms with Gasteiger partial charge in [-0.05, 0) is 19.3 Å². The van der Waals surface area contributed by atoms with Gasteiger partial charge in [-0.15, -0.1) is 6.58 Å². The maximum absolute atomic E-state index is 11.8. The average molecular weight is 254 g/mol. The molecular formula is C12H18N2O4. The zero-order valence-corrected chi connectivity index (χ0v) is 10.4. The second-order valence-corrected chi connectivity index (χ2v) is 4.11. The highest BCUT2D eigenvalue weighted by Gasteiger charge is 2.30. The Morgan fingerprint density at radius 3 is 2.89 bits per heavy atom. The molecule has 0 aliphatic carbocycles. The Morgan fingerprint density at radius 1 is 1.67 bits per heavy atom. The topological polar surface area (TPSA) is 84.5 Å². The van der Waals surface area contributed by atoms with Crippen molar-refractivity contribution >= 4 is 17.8 Å². The quantitative estimate of drug-likeness (QED) is 0.511. The molecule has 1 heterocycles. The first kappa shape index (κ1) is 14.2. The number of methoxy groups -OCH3 is 1. The van der Waals surface area contributed by atoms with Crippen molar-refractivity contribution in [3.8, 4) is 0 Å². The molecule has 0 saturated carbocycles. The smallest absolute Gasteiger partial charge is 0.328 e. The molecule has 0 bridgehead atoms. The van der Waals surface area contributed by atoms with Gasteiger partial charge < -0.3 is 15.4 Å². The molecule has 0 aromatic heterocycles. The summed E-state index contributed by atoms with van der Waals surface area (Å²) >= 11 is 0. The highest BCUT2D eigenvalue weighted by molar-refractivity contribution is 5.93. The number of hydrogen-bond donors (Lipinski definition) is 2. The molecule has 2 atom stereocenters. The van der Waals surface area contributed by atoms with E-state index in [4.69, 9.17) is 0 Å². The predicted molar refractivity (Wildman–Crippen MR) is 64.5 cm³/mol. The summed E-state index contributed by atoms with van der Waals surface area (Å²) in [5.74, 6) is -0.981. The number of ether oxygens (including phenoxy) is 1. The zero-order chi connectivity index (χ0) is 13.5. The van der Waals surface area contributed by atoms with Crippen molar-refractivity contribution in [1.29, 1.82) is 0 Å². The van der Waals surface area contributed by atoms with E-state index in [9.17, 15) is 14.4 Å². The van der Waals surface area contributed by atoms with Crippen molar-refractivity contribution in [3.63, 3.8) is 0 Å². The number of esters is 1. The normalized spacial score (nSPS) is 19.8. The van der Waals surface area contributed by atoms with Gasteiger partial charge in [0.25, 0.3) is 0 Å². The van der Waals surface area contributed by atoms with Crippen LogP contribution in [0.4, 0.5) is 0 Å². The van der Waals surface area contributed by atoms with Crippen molar-refractivity contribution in [2.45, 2.75) is 37.8 Å². The van der Waals surface area contributed by atoms with Crippen molar-refractivity contribution < 1.29 is 19.1 Å². The fourth-order valence-corrected chi connectivity index (χ4v) is 1.76. The van der Waals surface area contributed by atoms with Crippen LogP contribution in [0.2, 0.25) is 0 Å². The lowest BCUT2D eigenvalue weighted by atomic mass is 10.1. The molecule has 0 aromatic rings. The van der Waals surface area contributed by atoms with E-state index >= 15 is 0 Å². The van der Waals surface area contributed by atoms with Crippen molar-refractivity contribution in [1.82, 2.24) is 10.6 Å². The maximum Gasteiger partial charge on any atom is 0.328 e. The molecule has 1 saturated heterocycles. The summed E-state index contributed by atoms with van der Waals surface area (Å²) in [6.07, 6.45) is 3.49. The van der Waals surface area contributed by atoms with Gasteiger partial charge in [0, 0.05) is 6.42 Å². The van der Waals surface area contributed by atoms with E-state index in [2.05, 4.69) is 21.9 Å². The van der Waals surface area contributed by atoms with Gasteiger partial charge in [-0.2, -0.15) is 0 Å². The SMILES string of the molecule is C=CCC[C@H](NC(=O)[C@@H]1CCC(=O)N1)C(=O)OC. The molecular weight excluding hydrogens is 236 g/mol. The highest BCUT2D eigenvalue weighted by atomic mass is 16.5. The summed E-state index contributed by atoms with van der Waals surface area (Å²) in [4.78, 5) is 34.3. The van der Waals surface area contributed by atoms with Crippen LogP contribution in [0.3, 0.4) is 0 Å². The first-order valence-electron chi connectivity index (χ1n) is 5.87. The molecule has 6 nitrogen and oxygen atoms in total. The third kappa shape index (κ3) is 3.87. The lowest BCUT2D eigenvalue weighted by molar-refractivity contribution is -0.145. The van der Waals surface area contributed by atoms with Gasteiger partial charge in [0.15, 0.2) is 0 Å². The Kier molecular flexibility index (Phi) is 5.35. The molecule has 1 fully saturated rings.